The summed E-state index contributed by atoms with van der Waals surface area (Å²) in [4.78, 5) is 10.00. The van der Waals surface area contributed by atoms with Crippen LogP contribution >= 0.6 is 23.2 Å². The van der Waals surface area contributed by atoms with E-state index < -0.39 is 0 Å². The van der Waals surface area contributed by atoms with E-state index >= 15 is 0 Å². The van der Waals surface area contributed by atoms with Gasteiger partial charge in [-0.15, -0.1) is 0 Å². The van der Waals surface area contributed by atoms with Gasteiger partial charge >= 0.3 is 0 Å². The second-order valence-corrected chi connectivity index (χ2v) is 9.22. The number of rotatable bonds is 6. The van der Waals surface area contributed by atoms with Gasteiger partial charge in [-0.1, -0.05) is 29.6 Å². The molecule has 2 N–H and O–H groups in total. The topological polar surface area (TPSA) is 47.8 Å². The zero-order valence-corrected chi connectivity index (χ0v) is 19.6. The van der Waals surface area contributed by atoms with Gasteiger partial charge in [-0.25, -0.2) is 4.99 Å². The summed E-state index contributed by atoms with van der Waals surface area (Å²) >= 11 is 12.3. The van der Waals surface area contributed by atoms with Crippen LogP contribution in [0.2, 0.25) is 10.2 Å². The monoisotopic (exact) mass is 442 g/mol. The number of nitrogens with zero attached hydrogens (tertiary/aromatic N) is 4. The first-order valence-corrected chi connectivity index (χ1v) is 11.7. The third-order valence-electron chi connectivity index (χ3n) is 6.49. The lowest BCUT2D eigenvalue weighted by atomic mass is 9.84. The van der Waals surface area contributed by atoms with Gasteiger partial charge in [0.25, 0.3) is 0 Å². The molecular formula is C21H36Cl2N6. The van der Waals surface area contributed by atoms with E-state index in [1.165, 1.54) is 45.2 Å². The van der Waals surface area contributed by atoms with Crippen molar-refractivity contribution in [3.8, 4) is 0 Å². The van der Waals surface area contributed by atoms with E-state index in [0.29, 0.717) is 16.7 Å². The van der Waals surface area contributed by atoms with Crippen molar-refractivity contribution in [2.45, 2.75) is 51.1 Å². The van der Waals surface area contributed by atoms with Crippen LogP contribution in [-0.4, -0.2) is 72.2 Å². The first-order chi connectivity index (χ1) is 13.9. The second kappa shape index (κ2) is 10.4. The van der Waals surface area contributed by atoms with Crippen molar-refractivity contribution in [2.24, 2.45) is 12.0 Å². The molecule has 29 heavy (non-hydrogen) atoms. The van der Waals surface area contributed by atoms with Gasteiger partial charge in [-0.2, -0.15) is 0 Å². The van der Waals surface area contributed by atoms with Crippen molar-refractivity contribution in [3.05, 3.63) is 21.9 Å². The Labute approximate surface area is 185 Å². The number of halogens is 2. The molecule has 164 valence electrons. The van der Waals surface area contributed by atoms with E-state index in [-0.39, 0.29) is 5.54 Å². The van der Waals surface area contributed by atoms with Crippen molar-refractivity contribution in [1.82, 2.24) is 25.0 Å². The Morgan fingerprint density at radius 2 is 1.76 bits per heavy atom. The fraction of sp³-hybridized carbons (Fsp3) is 0.762. The summed E-state index contributed by atoms with van der Waals surface area (Å²) in [5.74, 6) is 0.858. The van der Waals surface area contributed by atoms with Crippen molar-refractivity contribution >= 4 is 29.2 Å². The molecule has 0 unspecified atom stereocenters. The summed E-state index contributed by atoms with van der Waals surface area (Å²) in [5.41, 5.74) is 1.23. The number of hydrogen-bond donors (Lipinski definition) is 2. The highest BCUT2D eigenvalue weighted by Crippen LogP contribution is 2.31. The minimum absolute atomic E-state index is 0.223. The van der Waals surface area contributed by atoms with Crippen LogP contribution in [0.5, 0.6) is 0 Å². The van der Waals surface area contributed by atoms with E-state index in [0.717, 1.165) is 37.8 Å². The summed E-state index contributed by atoms with van der Waals surface area (Å²) in [7, 11) is 4.15. The maximum absolute atomic E-state index is 6.20. The zero-order chi connectivity index (χ0) is 20.9. The molecule has 0 spiro atoms. The highest BCUT2D eigenvalue weighted by molar-refractivity contribution is 6.41. The molecule has 0 aromatic carbocycles. The van der Waals surface area contributed by atoms with Crippen LogP contribution in [0.25, 0.3) is 0 Å². The molecule has 2 aliphatic rings. The Morgan fingerprint density at radius 3 is 2.34 bits per heavy atom. The van der Waals surface area contributed by atoms with E-state index in [9.17, 15) is 0 Å². The molecule has 0 aliphatic carbocycles. The molecular weight excluding hydrogens is 407 g/mol. The number of aromatic nitrogens is 1. The third-order valence-corrected chi connectivity index (χ3v) is 7.33. The smallest absolute Gasteiger partial charge is 0.191 e. The molecule has 0 atom stereocenters. The van der Waals surface area contributed by atoms with Crippen LogP contribution < -0.4 is 10.6 Å². The molecule has 0 amide bonds. The molecule has 3 heterocycles. The van der Waals surface area contributed by atoms with E-state index in [1.807, 2.05) is 17.7 Å². The lowest BCUT2D eigenvalue weighted by molar-refractivity contribution is 0.0173. The van der Waals surface area contributed by atoms with Crippen LogP contribution in [0.1, 0.15) is 44.7 Å². The van der Waals surface area contributed by atoms with Crippen molar-refractivity contribution in [2.75, 3.05) is 46.3 Å². The van der Waals surface area contributed by atoms with Crippen LogP contribution in [0.3, 0.4) is 0 Å². The summed E-state index contributed by atoms with van der Waals surface area (Å²) in [6.07, 6.45) is 6.42. The van der Waals surface area contributed by atoms with E-state index in [2.05, 4.69) is 34.4 Å². The molecule has 0 saturated carbocycles. The Bertz CT molecular complexity index is 688. The highest BCUT2D eigenvalue weighted by Gasteiger charge is 2.39. The van der Waals surface area contributed by atoms with E-state index in [1.54, 1.807) is 0 Å². The number of aliphatic imine (C=N–C) groups is 1. The second-order valence-electron chi connectivity index (χ2n) is 8.46. The highest BCUT2D eigenvalue weighted by atomic mass is 35.5. The van der Waals surface area contributed by atoms with Crippen molar-refractivity contribution < 1.29 is 0 Å². The summed E-state index contributed by atoms with van der Waals surface area (Å²) in [6.45, 7) is 9.17. The van der Waals surface area contributed by atoms with Crippen molar-refractivity contribution in [3.63, 3.8) is 0 Å². The minimum Gasteiger partial charge on any atom is -0.357 e. The first kappa shape index (κ1) is 22.7. The van der Waals surface area contributed by atoms with Gasteiger partial charge in [-0.3, -0.25) is 4.90 Å². The number of likely N-dealkylation sites (tertiary alicyclic amines) is 2. The fourth-order valence-corrected chi connectivity index (χ4v) is 4.91. The molecule has 1 aromatic rings. The summed E-state index contributed by atoms with van der Waals surface area (Å²) in [5, 5.41) is 8.19. The van der Waals surface area contributed by atoms with Crippen LogP contribution in [0, 0.1) is 0 Å². The van der Waals surface area contributed by atoms with Gasteiger partial charge in [0, 0.05) is 31.4 Å². The Morgan fingerprint density at radius 1 is 1.07 bits per heavy atom. The number of nitrogens with one attached hydrogen (secondary N) is 2. The molecule has 0 radical (unpaired) electrons. The summed E-state index contributed by atoms with van der Waals surface area (Å²) in [6, 6.07) is 1.89. The standard InChI is InChI=1S/C21H36Cl2N6/c1-4-24-20(25-15-17-14-18(22)19(23)28(17)3)26-16-21(8-12-27(2)13-9-21)29-10-6-5-7-11-29/h14H,4-13,15-16H2,1-3H3,(H2,24,25,26). The van der Waals surface area contributed by atoms with Gasteiger partial charge in [0.2, 0.25) is 0 Å². The lowest BCUT2D eigenvalue weighted by Gasteiger charge is -2.50. The van der Waals surface area contributed by atoms with Crippen molar-refractivity contribution in [1.29, 1.82) is 0 Å². The fourth-order valence-electron chi connectivity index (χ4n) is 4.50. The SMILES string of the molecule is CCNC(=NCc1cc(Cl)c(Cl)n1C)NCC1(N2CCCCC2)CCN(C)CC1. The van der Waals surface area contributed by atoms with Gasteiger partial charge in [0.05, 0.1) is 11.6 Å². The predicted molar refractivity (Wildman–Crippen MR) is 123 cm³/mol. The Balaban J connectivity index is 1.69. The van der Waals surface area contributed by atoms with Crippen LogP contribution in [-0.2, 0) is 13.6 Å². The number of piperidine rings is 2. The molecule has 1 aromatic heterocycles. The quantitative estimate of drug-likeness (QED) is 0.523. The normalized spacial score (nSPS) is 21.3. The average Bonchev–Trinajstić information content (AvgIpc) is 2.99. The molecule has 3 rings (SSSR count). The largest absolute Gasteiger partial charge is 0.357 e. The zero-order valence-electron chi connectivity index (χ0n) is 18.1. The predicted octanol–water partition coefficient (Wildman–Crippen LogP) is 3.34. The Kier molecular flexibility index (Phi) is 8.14. The third kappa shape index (κ3) is 5.60. The number of guanidine groups is 1. The minimum atomic E-state index is 0.223. The molecule has 0 bridgehead atoms. The van der Waals surface area contributed by atoms with E-state index in [4.69, 9.17) is 28.2 Å². The molecule has 2 aliphatic heterocycles. The molecule has 6 nitrogen and oxygen atoms in total. The molecule has 2 saturated heterocycles. The maximum atomic E-state index is 6.20. The van der Waals surface area contributed by atoms with Gasteiger partial charge in [-0.05, 0) is 71.9 Å². The average molecular weight is 443 g/mol. The number of hydrogen-bond acceptors (Lipinski definition) is 3. The Hall–Kier alpha value is -0.950. The summed E-state index contributed by atoms with van der Waals surface area (Å²) < 4.78 is 1.89. The van der Waals surface area contributed by atoms with Gasteiger partial charge in [0.15, 0.2) is 5.96 Å². The van der Waals surface area contributed by atoms with Crippen LogP contribution in [0.4, 0.5) is 0 Å². The van der Waals surface area contributed by atoms with Gasteiger partial charge in [0.1, 0.15) is 5.15 Å². The maximum Gasteiger partial charge on any atom is 0.191 e. The molecule has 8 heteroatoms. The van der Waals surface area contributed by atoms with Crippen LogP contribution in [0.15, 0.2) is 11.1 Å². The lowest BCUT2D eigenvalue weighted by Crippen LogP contribution is -2.62. The first-order valence-electron chi connectivity index (χ1n) is 10.9. The van der Waals surface area contributed by atoms with Gasteiger partial charge < -0.3 is 20.1 Å². The molecule has 2 fully saturated rings.